The van der Waals surface area contributed by atoms with Crippen LogP contribution in [-0.2, 0) is 40.1 Å². The van der Waals surface area contributed by atoms with Crippen molar-refractivity contribution >= 4 is 29.4 Å². The lowest BCUT2D eigenvalue weighted by Crippen LogP contribution is -2.39. The summed E-state index contributed by atoms with van der Waals surface area (Å²) in [6, 6.07) is 11.8. The molecule has 2 aliphatic rings. The van der Waals surface area contributed by atoms with Gasteiger partial charge in [-0.1, -0.05) is 48.0 Å². The van der Waals surface area contributed by atoms with Crippen LogP contribution in [0, 0.1) is 12.8 Å². The molecule has 0 bridgehead atoms. The smallest absolute Gasteiger partial charge is 0.410 e. The van der Waals surface area contributed by atoms with Crippen molar-refractivity contribution in [2.75, 3.05) is 6.54 Å². The first kappa shape index (κ1) is 25.2. The monoisotopic (exact) mass is 497 g/mol. The van der Waals surface area contributed by atoms with Crippen LogP contribution >= 0.6 is 11.6 Å². The number of nitrogens with zero attached hydrogens (tertiary/aromatic N) is 1. The Kier molecular flexibility index (Phi) is 8.11. The summed E-state index contributed by atoms with van der Waals surface area (Å²) in [6.07, 6.45) is 4.16. The Balaban J connectivity index is 1.28. The van der Waals surface area contributed by atoms with Crippen LogP contribution in [0.4, 0.5) is 4.79 Å². The molecule has 1 fully saturated rings. The molecular weight excluding hydrogens is 466 g/mol. The Morgan fingerprint density at radius 1 is 1.06 bits per heavy atom. The van der Waals surface area contributed by atoms with E-state index in [1.807, 2.05) is 37.3 Å². The number of amides is 1. The number of hydrogen-bond donors (Lipinski definition) is 1. The minimum atomic E-state index is -0.763. The summed E-state index contributed by atoms with van der Waals surface area (Å²) in [6.45, 7) is 3.01. The quantitative estimate of drug-likeness (QED) is 0.543. The van der Waals surface area contributed by atoms with E-state index in [2.05, 4.69) is 6.07 Å². The van der Waals surface area contributed by atoms with Crippen LogP contribution in [0.3, 0.4) is 0 Å². The van der Waals surface area contributed by atoms with Crippen molar-refractivity contribution in [3.8, 4) is 0 Å². The van der Waals surface area contributed by atoms with E-state index in [9.17, 15) is 14.4 Å². The number of aliphatic carboxylic acids is 1. The van der Waals surface area contributed by atoms with Gasteiger partial charge in [0.25, 0.3) is 0 Å². The Hall–Kier alpha value is -2.86. The lowest BCUT2D eigenvalue weighted by atomic mass is 9.85. The summed E-state index contributed by atoms with van der Waals surface area (Å²) in [5.74, 6) is -0.462. The fourth-order valence-corrected chi connectivity index (χ4v) is 5.33. The number of Topliss-reactive ketones (excluding diaryl/α,β-unsaturated/α-hetero) is 1. The van der Waals surface area contributed by atoms with E-state index in [4.69, 9.17) is 21.4 Å². The molecule has 1 aliphatic heterocycles. The summed E-state index contributed by atoms with van der Waals surface area (Å²) in [5.41, 5.74) is 5.06. The van der Waals surface area contributed by atoms with Crippen molar-refractivity contribution in [1.82, 2.24) is 4.90 Å². The summed E-state index contributed by atoms with van der Waals surface area (Å²) in [5, 5.41) is 9.61. The highest BCUT2D eigenvalue weighted by Crippen LogP contribution is 2.30. The second kappa shape index (κ2) is 11.3. The third kappa shape index (κ3) is 6.63. The molecule has 2 aromatic rings. The maximum atomic E-state index is 12.7. The van der Waals surface area contributed by atoms with Gasteiger partial charge in [0.15, 0.2) is 0 Å². The number of halogens is 1. The largest absolute Gasteiger partial charge is 0.481 e. The van der Waals surface area contributed by atoms with E-state index >= 15 is 0 Å². The highest BCUT2D eigenvalue weighted by Gasteiger charge is 2.28. The van der Waals surface area contributed by atoms with E-state index in [-0.39, 0.29) is 30.3 Å². The SMILES string of the molecule is Cc1cccc(CC(=O)Cc2ccc3c(c2)CCN(C(=O)OC2CCC(CC(=O)O)CC2)C3)c1Cl. The second-order valence-electron chi connectivity index (χ2n) is 9.84. The van der Waals surface area contributed by atoms with Gasteiger partial charge in [-0.25, -0.2) is 4.79 Å². The Labute approximate surface area is 211 Å². The molecule has 1 heterocycles. The van der Waals surface area contributed by atoms with Crippen molar-refractivity contribution in [3.63, 3.8) is 0 Å². The second-order valence-corrected chi connectivity index (χ2v) is 10.2. The van der Waals surface area contributed by atoms with Gasteiger partial charge < -0.3 is 14.7 Å². The lowest BCUT2D eigenvalue weighted by molar-refractivity contribution is -0.138. The molecule has 1 saturated carbocycles. The summed E-state index contributed by atoms with van der Waals surface area (Å²) >= 11 is 6.34. The zero-order valence-corrected chi connectivity index (χ0v) is 20.9. The molecule has 1 amide bonds. The number of aryl methyl sites for hydroxylation is 1. The van der Waals surface area contributed by atoms with Gasteiger partial charge in [0.05, 0.1) is 0 Å². The van der Waals surface area contributed by atoms with Crippen LogP contribution in [0.5, 0.6) is 0 Å². The highest BCUT2D eigenvalue weighted by atomic mass is 35.5. The molecule has 6 nitrogen and oxygen atoms in total. The Morgan fingerprint density at radius 2 is 1.83 bits per heavy atom. The zero-order valence-electron chi connectivity index (χ0n) is 20.1. The van der Waals surface area contributed by atoms with Crippen LogP contribution in [0.2, 0.25) is 5.02 Å². The van der Waals surface area contributed by atoms with Crippen LogP contribution in [0.25, 0.3) is 0 Å². The van der Waals surface area contributed by atoms with Gasteiger partial charge in [0.2, 0.25) is 0 Å². The van der Waals surface area contributed by atoms with E-state index in [0.29, 0.717) is 31.0 Å². The number of ether oxygens (including phenoxy) is 1. The third-order valence-electron chi connectivity index (χ3n) is 7.13. The average Bonchev–Trinajstić information content (AvgIpc) is 2.82. The van der Waals surface area contributed by atoms with Crippen LogP contribution in [-0.4, -0.2) is 40.5 Å². The first-order chi connectivity index (χ1) is 16.8. The molecule has 0 aromatic heterocycles. The molecule has 0 radical (unpaired) electrons. The van der Waals surface area contributed by atoms with Gasteiger partial charge in [-0.3, -0.25) is 9.59 Å². The number of hydrogen-bond acceptors (Lipinski definition) is 4. The van der Waals surface area contributed by atoms with E-state index in [0.717, 1.165) is 54.4 Å². The molecule has 0 unspecified atom stereocenters. The first-order valence-electron chi connectivity index (χ1n) is 12.3. The van der Waals surface area contributed by atoms with E-state index < -0.39 is 5.97 Å². The average molecular weight is 498 g/mol. The van der Waals surface area contributed by atoms with Crippen molar-refractivity contribution in [3.05, 3.63) is 69.2 Å². The van der Waals surface area contributed by atoms with Gasteiger partial charge in [-0.2, -0.15) is 0 Å². The van der Waals surface area contributed by atoms with E-state index in [1.165, 1.54) is 5.56 Å². The predicted molar refractivity (Wildman–Crippen MR) is 134 cm³/mol. The molecule has 186 valence electrons. The molecule has 7 heteroatoms. The topological polar surface area (TPSA) is 83.9 Å². The molecule has 2 aromatic carbocycles. The number of carboxylic acid groups (broad SMARTS) is 1. The number of benzene rings is 2. The Bertz CT molecular complexity index is 1110. The molecule has 0 atom stereocenters. The maximum absolute atomic E-state index is 12.7. The lowest BCUT2D eigenvalue weighted by Gasteiger charge is -2.32. The normalized spacial score (nSPS) is 19.7. The number of carbonyl (C=O) groups is 3. The molecular formula is C28H32ClNO5. The molecule has 35 heavy (non-hydrogen) atoms. The van der Waals surface area contributed by atoms with Crippen LogP contribution in [0.15, 0.2) is 36.4 Å². The van der Waals surface area contributed by atoms with Crippen molar-refractivity contribution in [2.45, 2.75) is 70.9 Å². The van der Waals surface area contributed by atoms with Crippen molar-refractivity contribution in [2.24, 2.45) is 5.92 Å². The fourth-order valence-electron chi connectivity index (χ4n) is 5.14. The van der Waals surface area contributed by atoms with Crippen molar-refractivity contribution in [1.29, 1.82) is 0 Å². The maximum Gasteiger partial charge on any atom is 0.410 e. The fraction of sp³-hybridized carbons (Fsp3) is 0.464. The molecule has 1 aliphatic carbocycles. The molecule has 0 saturated heterocycles. The standard InChI is InChI=1S/C28H32ClNO5/c1-18-3-2-4-22(27(18)29)16-24(31)14-20-5-8-23-17-30(12-11-21(23)13-20)28(34)35-25-9-6-19(7-10-25)15-26(32)33/h2-5,8,13,19,25H,6-7,9-12,14-17H2,1H3,(H,32,33). The number of carbonyl (C=O) groups excluding carboxylic acids is 2. The minimum absolute atomic E-state index is 0.122. The van der Waals surface area contributed by atoms with Gasteiger partial charge in [0.1, 0.15) is 11.9 Å². The van der Waals surface area contributed by atoms with E-state index in [1.54, 1.807) is 4.90 Å². The highest BCUT2D eigenvalue weighted by molar-refractivity contribution is 6.32. The summed E-state index contributed by atoms with van der Waals surface area (Å²) in [4.78, 5) is 38.0. The van der Waals surface area contributed by atoms with Crippen molar-refractivity contribution < 1.29 is 24.2 Å². The van der Waals surface area contributed by atoms with Gasteiger partial charge in [-0.05, 0) is 72.8 Å². The first-order valence-corrected chi connectivity index (χ1v) is 12.7. The number of ketones is 1. The third-order valence-corrected chi connectivity index (χ3v) is 7.67. The van der Waals surface area contributed by atoms with Gasteiger partial charge >= 0.3 is 12.1 Å². The van der Waals surface area contributed by atoms with Gasteiger partial charge in [0, 0.05) is 37.4 Å². The van der Waals surface area contributed by atoms with Crippen LogP contribution in [0.1, 0.15) is 59.9 Å². The van der Waals surface area contributed by atoms with Crippen LogP contribution < -0.4 is 0 Å². The van der Waals surface area contributed by atoms with Gasteiger partial charge in [-0.15, -0.1) is 0 Å². The predicted octanol–water partition coefficient (Wildman–Crippen LogP) is 5.53. The molecule has 1 N–H and O–H groups in total. The molecule has 0 spiro atoms. The molecule has 4 rings (SSSR count). The number of rotatable bonds is 7. The number of carboxylic acids is 1. The summed E-state index contributed by atoms with van der Waals surface area (Å²) < 4.78 is 5.73. The minimum Gasteiger partial charge on any atom is -0.481 e. The summed E-state index contributed by atoms with van der Waals surface area (Å²) in [7, 11) is 0. The number of fused-ring (bicyclic) bond motifs is 1. The Morgan fingerprint density at radius 3 is 2.57 bits per heavy atom. The zero-order chi connectivity index (χ0) is 24.9.